The van der Waals surface area contributed by atoms with Crippen molar-refractivity contribution in [1.29, 1.82) is 0 Å². The minimum absolute atomic E-state index is 0.239. The van der Waals surface area contributed by atoms with Crippen LogP contribution < -0.4 is 19.3 Å². The molecule has 0 unspecified atom stereocenters. The summed E-state index contributed by atoms with van der Waals surface area (Å²) >= 11 is 0. The summed E-state index contributed by atoms with van der Waals surface area (Å²) in [4.78, 5) is 36.6. The van der Waals surface area contributed by atoms with Crippen LogP contribution in [0.4, 0.5) is 11.5 Å². The third-order valence-electron chi connectivity index (χ3n) is 7.34. The maximum atomic E-state index is 12.4. The molecule has 0 spiro atoms. The van der Waals surface area contributed by atoms with Crippen LogP contribution in [0.15, 0.2) is 42.5 Å². The van der Waals surface area contributed by atoms with Gasteiger partial charge in [0.2, 0.25) is 0 Å². The van der Waals surface area contributed by atoms with E-state index in [9.17, 15) is 9.59 Å². The normalized spacial score (nSPS) is 18.6. The molecule has 196 valence electrons. The Labute approximate surface area is 221 Å². The zero-order valence-corrected chi connectivity index (χ0v) is 21.4. The van der Waals surface area contributed by atoms with Crippen molar-refractivity contribution in [2.45, 2.75) is 6.92 Å². The Balaban J connectivity index is 1.39. The summed E-state index contributed by atoms with van der Waals surface area (Å²) in [5, 5.41) is 1.37. The van der Waals surface area contributed by atoms with Crippen LogP contribution in [0.2, 0.25) is 0 Å². The third kappa shape index (κ3) is 4.70. The number of carbonyl (C=O) groups excluding carboxylic acids is 2. The molecule has 6 rings (SSSR count). The van der Waals surface area contributed by atoms with Crippen molar-refractivity contribution in [3.05, 3.63) is 53.7 Å². The fourth-order valence-electron chi connectivity index (χ4n) is 5.19. The first-order chi connectivity index (χ1) is 18.6. The highest BCUT2D eigenvalue weighted by Gasteiger charge is 2.31. The number of ether oxygens (including phenoxy) is 3. The van der Waals surface area contributed by atoms with Crippen LogP contribution in [-0.2, 0) is 14.3 Å². The maximum Gasteiger partial charge on any atom is 0.423 e. The van der Waals surface area contributed by atoms with E-state index < -0.39 is 11.9 Å². The molecular weight excluding hydrogens is 484 g/mol. The zero-order chi connectivity index (χ0) is 26.1. The number of hydrogen-bond donors (Lipinski definition) is 0. The van der Waals surface area contributed by atoms with E-state index in [2.05, 4.69) is 45.9 Å². The fraction of sp³-hybridized carbons (Fsp3) is 0.345. The second-order valence-corrected chi connectivity index (χ2v) is 9.55. The van der Waals surface area contributed by atoms with Gasteiger partial charge in [0.1, 0.15) is 17.3 Å². The first-order valence-corrected chi connectivity index (χ1v) is 13.1. The Bertz CT molecular complexity index is 1390. The second-order valence-electron chi connectivity index (χ2n) is 9.55. The van der Waals surface area contributed by atoms with Crippen LogP contribution in [0.3, 0.4) is 0 Å². The Hall–Kier alpha value is -3.95. The van der Waals surface area contributed by atoms with E-state index in [0.29, 0.717) is 16.8 Å². The van der Waals surface area contributed by atoms with Gasteiger partial charge in [-0.25, -0.2) is 14.6 Å². The van der Waals surface area contributed by atoms with Gasteiger partial charge in [0.05, 0.1) is 18.6 Å². The molecule has 0 bridgehead atoms. The topological polar surface area (TPSA) is 84.4 Å². The molecule has 3 aromatic rings. The lowest BCUT2D eigenvalue weighted by atomic mass is 10.1. The first-order valence-electron chi connectivity index (χ1n) is 13.1. The van der Waals surface area contributed by atoms with Crippen molar-refractivity contribution in [2.75, 3.05) is 68.8 Å². The predicted octanol–water partition coefficient (Wildman–Crippen LogP) is 3.21. The average molecular weight is 515 g/mol. The Morgan fingerprint density at radius 2 is 1.58 bits per heavy atom. The summed E-state index contributed by atoms with van der Waals surface area (Å²) in [6.07, 6.45) is 3.78. The number of piperazine rings is 1. The monoisotopic (exact) mass is 514 g/mol. The molecule has 9 nitrogen and oxygen atoms in total. The molecule has 9 heteroatoms. The van der Waals surface area contributed by atoms with Crippen molar-refractivity contribution in [3.8, 4) is 11.5 Å². The number of likely N-dealkylation sites (N-methyl/N-ethyl adjacent to an activating group) is 1. The van der Waals surface area contributed by atoms with Crippen molar-refractivity contribution < 1.29 is 23.8 Å². The van der Waals surface area contributed by atoms with E-state index in [0.717, 1.165) is 81.5 Å². The number of nitrogens with zero attached hydrogens (tertiary/aromatic N) is 4. The van der Waals surface area contributed by atoms with Gasteiger partial charge in [-0.2, -0.15) is 0 Å². The highest BCUT2D eigenvalue weighted by atomic mass is 16.6. The van der Waals surface area contributed by atoms with Crippen LogP contribution in [0.1, 0.15) is 18.2 Å². The zero-order valence-electron chi connectivity index (χ0n) is 21.4. The Morgan fingerprint density at radius 1 is 0.842 bits per heavy atom. The van der Waals surface area contributed by atoms with E-state index in [1.807, 2.05) is 24.3 Å². The van der Waals surface area contributed by atoms with E-state index >= 15 is 0 Å². The molecular formula is C29H30N4O5. The molecule has 4 heterocycles. The number of morpholine rings is 1. The fourth-order valence-corrected chi connectivity index (χ4v) is 5.19. The van der Waals surface area contributed by atoms with Gasteiger partial charge in [-0.3, -0.25) is 0 Å². The second kappa shape index (κ2) is 10.4. The van der Waals surface area contributed by atoms with E-state index in [1.165, 1.54) is 0 Å². The number of hydrogen-bond acceptors (Lipinski definition) is 9. The highest BCUT2D eigenvalue weighted by molar-refractivity contribution is 6.32. The molecule has 0 radical (unpaired) electrons. The molecule has 2 fully saturated rings. The number of anilines is 2. The summed E-state index contributed by atoms with van der Waals surface area (Å²) in [6, 6.07) is 13.7. The lowest BCUT2D eigenvalue weighted by Gasteiger charge is -2.35. The van der Waals surface area contributed by atoms with Gasteiger partial charge in [-0.1, -0.05) is 37.3 Å². The molecule has 38 heavy (non-hydrogen) atoms. The molecule has 2 aromatic carbocycles. The summed E-state index contributed by atoms with van der Waals surface area (Å²) in [5.41, 5.74) is 2.61. The molecule has 0 atom stereocenters. The largest absolute Gasteiger partial charge is 0.423 e. The standard InChI is InChI=1S/C29H30N4O5/c1-2-31-12-14-33(15-13-31)27-22-4-3-5-24-25(22)26(38-29(35)28(34)37-24)23(30-27)11-8-20-6-9-21(10-7-20)32-16-18-36-19-17-32/h3-11H,2,12-19H2,1H3/b11-8+. The molecule has 3 aliphatic heterocycles. The van der Waals surface area contributed by atoms with Crippen LogP contribution in [-0.4, -0.2) is 80.8 Å². The van der Waals surface area contributed by atoms with Gasteiger partial charge in [-0.05, 0) is 36.4 Å². The smallest absolute Gasteiger partial charge is 0.417 e. The van der Waals surface area contributed by atoms with Gasteiger partial charge >= 0.3 is 11.9 Å². The molecule has 3 aliphatic rings. The molecule has 2 saturated heterocycles. The summed E-state index contributed by atoms with van der Waals surface area (Å²) in [5.74, 6) is -0.770. The van der Waals surface area contributed by atoms with Gasteiger partial charge in [0.15, 0.2) is 5.75 Å². The quantitative estimate of drug-likeness (QED) is 0.290. The SMILES string of the molecule is CCN1CCN(c2nc(/C=C/c3ccc(N4CCOCC4)cc3)c3c4c(cccc24)OC(=O)C(=O)O3)CC1. The number of esters is 2. The minimum atomic E-state index is -1.06. The first kappa shape index (κ1) is 24.4. The number of pyridine rings is 1. The lowest BCUT2D eigenvalue weighted by molar-refractivity contribution is -0.155. The summed E-state index contributed by atoms with van der Waals surface area (Å²) < 4.78 is 16.4. The van der Waals surface area contributed by atoms with Crippen LogP contribution in [0, 0.1) is 0 Å². The van der Waals surface area contributed by atoms with Crippen LogP contribution in [0.5, 0.6) is 11.5 Å². The van der Waals surface area contributed by atoms with Gasteiger partial charge in [-0.15, -0.1) is 0 Å². The number of carbonyl (C=O) groups is 2. The predicted molar refractivity (Wildman–Crippen MR) is 146 cm³/mol. The number of aromatic nitrogens is 1. The van der Waals surface area contributed by atoms with E-state index in [1.54, 1.807) is 6.07 Å². The van der Waals surface area contributed by atoms with Crippen molar-refractivity contribution >= 4 is 46.4 Å². The maximum absolute atomic E-state index is 12.4. The summed E-state index contributed by atoms with van der Waals surface area (Å²) in [6.45, 7) is 9.93. The molecule has 0 amide bonds. The van der Waals surface area contributed by atoms with Gasteiger partial charge < -0.3 is 28.9 Å². The Morgan fingerprint density at radius 3 is 2.32 bits per heavy atom. The van der Waals surface area contributed by atoms with Crippen LogP contribution >= 0.6 is 0 Å². The van der Waals surface area contributed by atoms with Gasteiger partial charge in [0, 0.05) is 50.3 Å². The van der Waals surface area contributed by atoms with E-state index in [-0.39, 0.29) is 5.75 Å². The van der Waals surface area contributed by atoms with E-state index in [4.69, 9.17) is 19.2 Å². The number of benzene rings is 2. The Kier molecular flexibility index (Phi) is 6.70. The highest BCUT2D eigenvalue weighted by Crippen LogP contribution is 2.42. The molecule has 1 aromatic heterocycles. The van der Waals surface area contributed by atoms with Crippen LogP contribution in [0.25, 0.3) is 22.9 Å². The van der Waals surface area contributed by atoms with Crippen molar-refractivity contribution in [2.24, 2.45) is 0 Å². The minimum Gasteiger partial charge on any atom is -0.417 e. The molecule has 0 saturated carbocycles. The van der Waals surface area contributed by atoms with Crippen molar-refractivity contribution in [3.63, 3.8) is 0 Å². The summed E-state index contributed by atoms with van der Waals surface area (Å²) in [7, 11) is 0. The van der Waals surface area contributed by atoms with Crippen molar-refractivity contribution in [1.82, 2.24) is 9.88 Å². The molecule has 0 N–H and O–H groups in total. The molecule has 0 aliphatic carbocycles. The lowest BCUT2D eigenvalue weighted by Crippen LogP contribution is -2.46. The average Bonchev–Trinajstić information content (AvgIpc) is 3.10. The number of rotatable bonds is 5. The third-order valence-corrected chi connectivity index (χ3v) is 7.34. The van der Waals surface area contributed by atoms with Gasteiger partial charge in [0.25, 0.3) is 0 Å².